The second-order valence-corrected chi connectivity index (χ2v) is 5.93. The van der Waals surface area contributed by atoms with E-state index < -0.39 is 0 Å². The van der Waals surface area contributed by atoms with Crippen LogP contribution in [0.25, 0.3) is 0 Å². The molecule has 0 aliphatic rings. The van der Waals surface area contributed by atoms with Crippen molar-refractivity contribution in [1.82, 2.24) is 4.90 Å². The molecule has 1 aromatic rings. The molecule has 1 unspecified atom stereocenters. The lowest BCUT2D eigenvalue weighted by molar-refractivity contribution is 0.102. The van der Waals surface area contributed by atoms with Gasteiger partial charge in [0.2, 0.25) is 0 Å². The maximum atomic E-state index is 6.04. The zero-order valence-corrected chi connectivity index (χ0v) is 13.3. The summed E-state index contributed by atoms with van der Waals surface area (Å²) in [6.07, 6.45) is 3.43. The van der Waals surface area contributed by atoms with E-state index in [1.54, 1.807) is 0 Å². The third kappa shape index (κ3) is 3.81. The molecule has 0 heterocycles. The number of nitrogens with zero attached hydrogens (tertiary/aromatic N) is 1. The number of likely N-dealkylation sites (N-methyl/N-ethyl adjacent to an activating group) is 1. The summed E-state index contributed by atoms with van der Waals surface area (Å²) in [6, 6.07) is 8.50. The number of halogens is 1. The van der Waals surface area contributed by atoms with Crippen LogP contribution < -0.4 is 5.73 Å². The van der Waals surface area contributed by atoms with E-state index in [4.69, 9.17) is 5.73 Å². The van der Waals surface area contributed by atoms with Gasteiger partial charge in [-0.3, -0.25) is 4.90 Å². The molecular formula is C15H25BrN2. The van der Waals surface area contributed by atoms with Crippen molar-refractivity contribution in [3.05, 3.63) is 34.3 Å². The van der Waals surface area contributed by atoms with Crippen LogP contribution >= 0.6 is 15.9 Å². The molecule has 0 radical (unpaired) electrons. The molecule has 3 heteroatoms. The number of rotatable bonds is 7. The van der Waals surface area contributed by atoms with Crippen LogP contribution in [-0.4, -0.2) is 24.0 Å². The molecule has 1 atom stereocenters. The average molecular weight is 313 g/mol. The number of benzene rings is 1. The van der Waals surface area contributed by atoms with Crippen LogP contribution in [0.4, 0.5) is 0 Å². The van der Waals surface area contributed by atoms with Crippen molar-refractivity contribution in [2.45, 2.75) is 45.2 Å². The summed E-state index contributed by atoms with van der Waals surface area (Å²) in [5, 5.41) is 0. The first kappa shape index (κ1) is 15.7. The van der Waals surface area contributed by atoms with Crippen molar-refractivity contribution in [2.24, 2.45) is 5.73 Å². The van der Waals surface area contributed by atoms with Crippen molar-refractivity contribution in [2.75, 3.05) is 13.6 Å². The van der Waals surface area contributed by atoms with E-state index in [-0.39, 0.29) is 5.54 Å². The van der Waals surface area contributed by atoms with E-state index in [1.165, 1.54) is 12.0 Å². The van der Waals surface area contributed by atoms with Gasteiger partial charge in [0, 0.05) is 23.1 Å². The first-order chi connectivity index (χ1) is 8.57. The Morgan fingerprint density at radius 1 is 1.33 bits per heavy atom. The third-order valence-corrected chi connectivity index (χ3v) is 4.37. The quantitative estimate of drug-likeness (QED) is 0.830. The molecule has 0 fully saturated rings. The van der Waals surface area contributed by atoms with Gasteiger partial charge in [-0.2, -0.15) is 0 Å². The molecule has 2 N–H and O–H groups in total. The molecular weight excluding hydrogens is 288 g/mol. The van der Waals surface area contributed by atoms with E-state index in [1.807, 2.05) is 0 Å². The minimum atomic E-state index is 0.136. The molecule has 102 valence electrons. The Hall–Kier alpha value is -0.380. The van der Waals surface area contributed by atoms with Gasteiger partial charge in [0.05, 0.1) is 0 Å². The highest BCUT2D eigenvalue weighted by Gasteiger charge is 2.30. The van der Waals surface area contributed by atoms with E-state index >= 15 is 0 Å². The average Bonchev–Trinajstić information content (AvgIpc) is 2.36. The standard InChI is InChI=1S/C15H25BrN2/c1-4-9-15(5-2,12-17)18(3)11-13-7-6-8-14(16)10-13/h6-8,10H,4-5,9,11-12,17H2,1-3H3. The second kappa shape index (κ2) is 7.27. The molecule has 2 nitrogen and oxygen atoms in total. The maximum absolute atomic E-state index is 6.04. The highest BCUT2D eigenvalue weighted by molar-refractivity contribution is 9.10. The molecule has 18 heavy (non-hydrogen) atoms. The first-order valence-corrected chi connectivity index (χ1v) is 7.53. The fourth-order valence-corrected chi connectivity index (χ4v) is 3.03. The summed E-state index contributed by atoms with van der Waals surface area (Å²) in [5.74, 6) is 0. The van der Waals surface area contributed by atoms with Crippen molar-refractivity contribution in [3.8, 4) is 0 Å². The van der Waals surface area contributed by atoms with Gasteiger partial charge in [-0.15, -0.1) is 0 Å². The van der Waals surface area contributed by atoms with Gasteiger partial charge >= 0.3 is 0 Å². The Morgan fingerprint density at radius 2 is 2.06 bits per heavy atom. The van der Waals surface area contributed by atoms with Crippen LogP contribution in [0.1, 0.15) is 38.7 Å². The summed E-state index contributed by atoms with van der Waals surface area (Å²) in [4.78, 5) is 2.41. The molecule has 1 aromatic carbocycles. The smallest absolute Gasteiger partial charge is 0.0329 e. The minimum Gasteiger partial charge on any atom is -0.329 e. The molecule has 0 aromatic heterocycles. The molecule has 0 amide bonds. The van der Waals surface area contributed by atoms with E-state index in [9.17, 15) is 0 Å². The molecule has 0 aliphatic carbocycles. The Morgan fingerprint density at radius 3 is 2.56 bits per heavy atom. The van der Waals surface area contributed by atoms with Gasteiger partial charge in [-0.1, -0.05) is 48.3 Å². The lowest BCUT2D eigenvalue weighted by Crippen LogP contribution is -2.51. The van der Waals surface area contributed by atoms with E-state index in [2.05, 4.69) is 66.0 Å². The predicted octanol–water partition coefficient (Wildman–Crippen LogP) is 3.79. The number of hydrogen-bond donors (Lipinski definition) is 1. The normalized spacial score (nSPS) is 14.8. The number of hydrogen-bond acceptors (Lipinski definition) is 2. The molecule has 0 bridgehead atoms. The Balaban J connectivity index is 2.81. The molecule has 0 spiro atoms. The van der Waals surface area contributed by atoms with Gasteiger partial charge in [-0.05, 0) is 37.6 Å². The Bertz CT molecular complexity index is 361. The van der Waals surface area contributed by atoms with Crippen LogP contribution in [0.5, 0.6) is 0 Å². The van der Waals surface area contributed by atoms with Crippen LogP contribution in [0, 0.1) is 0 Å². The molecule has 0 saturated carbocycles. The van der Waals surface area contributed by atoms with Gasteiger partial charge < -0.3 is 5.73 Å². The number of nitrogens with two attached hydrogens (primary N) is 1. The fraction of sp³-hybridized carbons (Fsp3) is 0.600. The summed E-state index contributed by atoms with van der Waals surface area (Å²) in [5.41, 5.74) is 7.50. The van der Waals surface area contributed by atoms with Crippen LogP contribution in [0.2, 0.25) is 0 Å². The van der Waals surface area contributed by atoms with Gasteiger partial charge in [0.15, 0.2) is 0 Å². The van der Waals surface area contributed by atoms with E-state index in [0.29, 0.717) is 0 Å². The Kier molecular flexibility index (Phi) is 6.33. The highest BCUT2D eigenvalue weighted by atomic mass is 79.9. The lowest BCUT2D eigenvalue weighted by atomic mass is 9.88. The van der Waals surface area contributed by atoms with Crippen molar-refractivity contribution in [1.29, 1.82) is 0 Å². The van der Waals surface area contributed by atoms with Crippen LogP contribution in [0.15, 0.2) is 28.7 Å². The zero-order valence-electron chi connectivity index (χ0n) is 11.7. The van der Waals surface area contributed by atoms with Crippen LogP contribution in [-0.2, 0) is 6.54 Å². The SMILES string of the molecule is CCCC(CC)(CN)N(C)Cc1cccc(Br)c1. The van der Waals surface area contributed by atoms with Gasteiger partial charge in [0.25, 0.3) is 0 Å². The largest absolute Gasteiger partial charge is 0.329 e. The predicted molar refractivity (Wildman–Crippen MR) is 82.6 cm³/mol. The van der Waals surface area contributed by atoms with Crippen molar-refractivity contribution >= 4 is 15.9 Å². The molecule has 0 aliphatic heterocycles. The zero-order chi connectivity index (χ0) is 13.6. The Labute approximate surface area is 120 Å². The minimum absolute atomic E-state index is 0.136. The van der Waals surface area contributed by atoms with Gasteiger partial charge in [-0.25, -0.2) is 0 Å². The summed E-state index contributed by atoms with van der Waals surface area (Å²) in [6.45, 7) is 6.14. The topological polar surface area (TPSA) is 29.3 Å². The summed E-state index contributed by atoms with van der Waals surface area (Å²) < 4.78 is 1.14. The lowest BCUT2D eigenvalue weighted by Gasteiger charge is -2.41. The third-order valence-electron chi connectivity index (χ3n) is 3.87. The van der Waals surface area contributed by atoms with E-state index in [0.717, 1.165) is 30.4 Å². The monoisotopic (exact) mass is 312 g/mol. The highest BCUT2D eigenvalue weighted by Crippen LogP contribution is 2.25. The molecule has 0 saturated heterocycles. The summed E-state index contributed by atoms with van der Waals surface area (Å²) >= 11 is 3.52. The summed E-state index contributed by atoms with van der Waals surface area (Å²) in [7, 11) is 2.19. The fourth-order valence-electron chi connectivity index (χ4n) is 2.58. The second-order valence-electron chi connectivity index (χ2n) is 5.02. The maximum Gasteiger partial charge on any atom is 0.0329 e. The molecule has 1 rings (SSSR count). The first-order valence-electron chi connectivity index (χ1n) is 6.73. The van der Waals surface area contributed by atoms with Crippen molar-refractivity contribution < 1.29 is 0 Å². The van der Waals surface area contributed by atoms with Crippen LogP contribution in [0.3, 0.4) is 0 Å². The van der Waals surface area contributed by atoms with Crippen molar-refractivity contribution in [3.63, 3.8) is 0 Å². The van der Waals surface area contributed by atoms with Gasteiger partial charge in [0.1, 0.15) is 0 Å².